The van der Waals surface area contributed by atoms with Crippen molar-refractivity contribution in [2.75, 3.05) is 12.4 Å². The highest BCUT2D eigenvalue weighted by Crippen LogP contribution is 2.19. The van der Waals surface area contributed by atoms with E-state index in [-0.39, 0.29) is 5.56 Å². The van der Waals surface area contributed by atoms with Gasteiger partial charge in [0.1, 0.15) is 17.6 Å². The number of ether oxygens (including phenoxy) is 1. The zero-order chi connectivity index (χ0) is 14.5. The number of pyridine rings is 1. The van der Waals surface area contributed by atoms with Crippen molar-refractivity contribution in [1.29, 1.82) is 5.26 Å². The number of halogens is 1. The molecule has 1 aromatic carbocycles. The largest absolute Gasteiger partial charge is 0.494 e. The number of aromatic nitrogens is 1. The van der Waals surface area contributed by atoms with Crippen molar-refractivity contribution in [1.82, 2.24) is 4.98 Å². The molecule has 1 amide bonds. The predicted molar refractivity (Wildman–Crippen MR) is 69.9 cm³/mol. The van der Waals surface area contributed by atoms with Gasteiger partial charge in [0.05, 0.1) is 24.4 Å². The summed E-state index contributed by atoms with van der Waals surface area (Å²) >= 11 is 0. The van der Waals surface area contributed by atoms with Crippen LogP contribution in [0.4, 0.5) is 10.1 Å². The van der Waals surface area contributed by atoms with Gasteiger partial charge in [-0.1, -0.05) is 0 Å². The molecule has 0 atom stereocenters. The van der Waals surface area contributed by atoms with Crippen molar-refractivity contribution in [3.05, 3.63) is 53.6 Å². The molecule has 6 heteroatoms. The van der Waals surface area contributed by atoms with Crippen LogP contribution < -0.4 is 10.1 Å². The van der Waals surface area contributed by atoms with E-state index in [1.54, 1.807) is 6.07 Å². The van der Waals surface area contributed by atoms with Gasteiger partial charge >= 0.3 is 0 Å². The molecule has 100 valence electrons. The lowest BCUT2D eigenvalue weighted by Crippen LogP contribution is -2.13. The molecule has 2 aromatic rings. The van der Waals surface area contributed by atoms with Gasteiger partial charge in [-0.3, -0.25) is 9.78 Å². The van der Waals surface area contributed by atoms with Gasteiger partial charge in [0.15, 0.2) is 0 Å². The number of carbonyl (C=O) groups is 1. The standard InChI is InChI=1S/C14H10FN3O2/c1-20-13-8-17-5-4-11(13)14(19)18-10-2-3-12(15)9(6-10)7-16/h2-6,8H,1H3,(H,18,19). The second-order valence-electron chi connectivity index (χ2n) is 3.84. The number of hydrogen-bond acceptors (Lipinski definition) is 4. The zero-order valence-electron chi connectivity index (χ0n) is 10.6. The van der Waals surface area contributed by atoms with Gasteiger partial charge in [0.25, 0.3) is 5.91 Å². The Hall–Kier alpha value is -2.94. The topological polar surface area (TPSA) is 75.0 Å². The van der Waals surface area contributed by atoms with Crippen LogP contribution in [0.1, 0.15) is 15.9 Å². The molecule has 0 aliphatic carbocycles. The average Bonchev–Trinajstić information content (AvgIpc) is 2.49. The number of hydrogen-bond donors (Lipinski definition) is 1. The monoisotopic (exact) mass is 271 g/mol. The summed E-state index contributed by atoms with van der Waals surface area (Å²) in [5.74, 6) is -0.737. The fraction of sp³-hybridized carbons (Fsp3) is 0.0714. The summed E-state index contributed by atoms with van der Waals surface area (Å²) in [5, 5.41) is 11.3. The summed E-state index contributed by atoms with van der Waals surface area (Å²) in [4.78, 5) is 15.9. The molecular formula is C14H10FN3O2. The van der Waals surface area contributed by atoms with Gasteiger partial charge in [0.2, 0.25) is 0 Å². The molecule has 1 heterocycles. The number of nitriles is 1. The number of benzene rings is 1. The second kappa shape index (κ2) is 5.80. The van der Waals surface area contributed by atoms with E-state index < -0.39 is 11.7 Å². The van der Waals surface area contributed by atoms with Crippen LogP contribution in [-0.2, 0) is 0 Å². The molecule has 0 aliphatic heterocycles. The van der Waals surface area contributed by atoms with E-state index in [2.05, 4.69) is 10.3 Å². The molecule has 0 fully saturated rings. The van der Waals surface area contributed by atoms with E-state index in [0.717, 1.165) is 6.07 Å². The van der Waals surface area contributed by atoms with E-state index in [1.807, 2.05) is 0 Å². The number of carbonyl (C=O) groups excluding carboxylic acids is 1. The average molecular weight is 271 g/mol. The minimum atomic E-state index is -0.632. The summed E-state index contributed by atoms with van der Waals surface area (Å²) in [5.41, 5.74) is 0.488. The molecule has 0 saturated carbocycles. The minimum absolute atomic E-state index is 0.135. The first-order valence-electron chi connectivity index (χ1n) is 5.64. The van der Waals surface area contributed by atoms with Crippen LogP contribution >= 0.6 is 0 Å². The molecule has 1 aromatic heterocycles. The van der Waals surface area contributed by atoms with Crippen molar-refractivity contribution in [3.8, 4) is 11.8 Å². The zero-order valence-corrected chi connectivity index (χ0v) is 10.6. The maximum atomic E-state index is 13.2. The first-order chi connectivity index (χ1) is 9.65. The van der Waals surface area contributed by atoms with Crippen molar-refractivity contribution >= 4 is 11.6 Å². The SMILES string of the molecule is COc1cnccc1C(=O)Nc1ccc(F)c(C#N)c1. The summed E-state index contributed by atoms with van der Waals surface area (Å²) in [7, 11) is 1.43. The molecule has 5 nitrogen and oxygen atoms in total. The third kappa shape index (κ3) is 2.72. The smallest absolute Gasteiger partial charge is 0.259 e. The van der Waals surface area contributed by atoms with E-state index in [0.29, 0.717) is 17.0 Å². The van der Waals surface area contributed by atoms with Crippen LogP contribution in [0.15, 0.2) is 36.7 Å². The molecule has 20 heavy (non-hydrogen) atoms. The number of anilines is 1. The summed E-state index contributed by atoms with van der Waals surface area (Å²) in [6.07, 6.45) is 2.88. The van der Waals surface area contributed by atoms with E-state index in [1.165, 1.54) is 37.7 Å². The van der Waals surface area contributed by atoms with Crippen molar-refractivity contribution in [2.24, 2.45) is 0 Å². The lowest BCUT2D eigenvalue weighted by Gasteiger charge is -2.09. The van der Waals surface area contributed by atoms with Gasteiger partial charge in [-0.05, 0) is 24.3 Å². The van der Waals surface area contributed by atoms with Gasteiger partial charge in [-0.25, -0.2) is 4.39 Å². The van der Waals surface area contributed by atoms with Crippen LogP contribution in [-0.4, -0.2) is 18.0 Å². The molecule has 0 radical (unpaired) electrons. The van der Waals surface area contributed by atoms with Crippen LogP contribution in [0, 0.1) is 17.1 Å². The molecule has 0 spiro atoms. The third-order valence-electron chi connectivity index (χ3n) is 2.59. The van der Waals surface area contributed by atoms with Crippen LogP contribution in [0.25, 0.3) is 0 Å². The number of amides is 1. The highest BCUT2D eigenvalue weighted by molar-refractivity contribution is 6.06. The van der Waals surface area contributed by atoms with Gasteiger partial charge in [-0.15, -0.1) is 0 Å². The Bertz CT molecular complexity index is 695. The Labute approximate surface area is 114 Å². The second-order valence-corrected chi connectivity index (χ2v) is 3.84. The van der Waals surface area contributed by atoms with Gasteiger partial charge < -0.3 is 10.1 Å². The molecule has 1 N–H and O–H groups in total. The van der Waals surface area contributed by atoms with Crippen LogP contribution in [0.3, 0.4) is 0 Å². The molecule has 2 rings (SSSR count). The van der Waals surface area contributed by atoms with Gasteiger partial charge in [-0.2, -0.15) is 5.26 Å². The highest BCUT2D eigenvalue weighted by atomic mass is 19.1. The van der Waals surface area contributed by atoms with Crippen molar-refractivity contribution < 1.29 is 13.9 Å². The normalized spacial score (nSPS) is 9.65. The van der Waals surface area contributed by atoms with Crippen molar-refractivity contribution in [2.45, 2.75) is 0 Å². The quantitative estimate of drug-likeness (QED) is 0.929. The maximum Gasteiger partial charge on any atom is 0.259 e. The fourth-order valence-corrected chi connectivity index (χ4v) is 1.62. The highest BCUT2D eigenvalue weighted by Gasteiger charge is 2.13. The fourth-order valence-electron chi connectivity index (χ4n) is 1.62. The van der Waals surface area contributed by atoms with E-state index >= 15 is 0 Å². The molecular weight excluding hydrogens is 261 g/mol. The number of nitrogens with zero attached hydrogens (tertiary/aromatic N) is 2. The Morgan fingerprint density at radius 3 is 2.95 bits per heavy atom. The van der Waals surface area contributed by atoms with Crippen molar-refractivity contribution in [3.63, 3.8) is 0 Å². The lowest BCUT2D eigenvalue weighted by atomic mass is 10.2. The van der Waals surface area contributed by atoms with Gasteiger partial charge in [0, 0.05) is 11.9 Å². The summed E-state index contributed by atoms with van der Waals surface area (Å²) in [6, 6.07) is 6.98. The Kier molecular flexibility index (Phi) is 3.91. The first-order valence-corrected chi connectivity index (χ1v) is 5.64. The predicted octanol–water partition coefficient (Wildman–Crippen LogP) is 2.35. The molecule has 0 aliphatic rings. The van der Waals surface area contributed by atoms with Crippen LogP contribution in [0.2, 0.25) is 0 Å². The number of rotatable bonds is 3. The maximum absolute atomic E-state index is 13.2. The minimum Gasteiger partial charge on any atom is -0.494 e. The number of methoxy groups -OCH3 is 1. The first kappa shape index (κ1) is 13.5. The Balaban J connectivity index is 2.26. The van der Waals surface area contributed by atoms with Crippen LogP contribution in [0.5, 0.6) is 5.75 Å². The Morgan fingerprint density at radius 2 is 2.25 bits per heavy atom. The molecule has 0 bridgehead atoms. The van der Waals surface area contributed by atoms with E-state index in [4.69, 9.17) is 10.00 Å². The third-order valence-corrected chi connectivity index (χ3v) is 2.59. The van der Waals surface area contributed by atoms with E-state index in [9.17, 15) is 9.18 Å². The summed E-state index contributed by atoms with van der Waals surface area (Å²) in [6.45, 7) is 0. The Morgan fingerprint density at radius 1 is 1.45 bits per heavy atom. The number of nitrogens with one attached hydrogen (secondary N) is 1. The molecule has 0 unspecified atom stereocenters. The lowest BCUT2D eigenvalue weighted by molar-refractivity contribution is 0.102. The summed E-state index contributed by atoms with van der Waals surface area (Å²) < 4.78 is 18.2. The molecule has 0 saturated heterocycles.